The van der Waals surface area contributed by atoms with Crippen molar-refractivity contribution in [3.05, 3.63) is 47.8 Å². The SMILES string of the molecule is Cc1ccnn1CCCOc1ccc(C(N)=S)cc1. The van der Waals surface area contributed by atoms with E-state index in [2.05, 4.69) is 5.10 Å². The molecule has 5 heteroatoms. The van der Waals surface area contributed by atoms with Crippen LogP contribution in [0.5, 0.6) is 5.75 Å². The summed E-state index contributed by atoms with van der Waals surface area (Å²) in [6, 6.07) is 9.50. The Morgan fingerprint density at radius 3 is 2.63 bits per heavy atom. The summed E-state index contributed by atoms with van der Waals surface area (Å²) in [6.45, 7) is 3.57. The molecule has 2 rings (SSSR count). The van der Waals surface area contributed by atoms with Crippen molar-refractivity contribution in [3.8, 4) is 5.75 Å². The lowest BCUT2D eigenvalue weighted by Crippen LogP contribution is -2.09. The Balaban J connectivity index is 1.76. The van der Waals surface area contributed by atoms with E-state index in [1.165, 1.54) is 5.69 Å². The molecule has 0 aliphatic heterocycles. The molecule has 4 nitrogen and oxygen atoms in total. The molecule has 1 aromatic heterocycles. The zero-order valence-corrected chi connectivity index (χ0v) is 11.7. The third-order valence-corrected chi connectivity index (χ3v) is 3.09. The van der Waals surface area contributed by atoms with Crippen LogP contribution in [-0.4, -0.2) is 21.4 Å². The van der Waals surface area contributed by atoms with Crippen LogP contribution in [0.3, 0.4) is 0 Å². The van der Waals surface area contributed by atoms with Crippen molar-refractivity contribution >= 4 is 17.2 Å². The van der Waals surface area contributed by atoms with Gasteiger partial charge in [-0.1, -0.05) is 12.2 Å². The standard InChI is InChI=1S/C14H17N3OS/c1-11-7-8-16-17(11)9-2-10-18-13-5-3-12(4-6-13)14(15)19/h3-8H,2,9-10H2,1H3,(H2,15,19). The van der Waals surface area contributed by atoms with Gasteiger partial charge in [-0.3, -0.25) is 4.68 Å². The molecule has 0 radical (unpaired) electrons. The number of thiocarbonyl (C=S) groups is 1. The van der Waals surface area contributed by atoms with E-state index in [0.29, 0.717) is 11.6 Å². The summed E-state index contributed by atoms with van der Waals surface area (Å²) in [5.41, 5.74) is 7.56. The highest BCUT2D eigenvalue weighted by Crippen LogP contribution is 2.12. The van der Waals surface area contributed by atoms with Gasteiger partial charge in [-0.2, -0.15) is 5.10 Å². The van der Waals surface area contributed by atoms with Crippen LogP contribution in [0.4, 0.5) is 0 Å². The highest BCUT2D eigenvalue weighted by atomic mass is 32.1. The highest BCUT2D eigenvalue weighted by molar-refractivity contribution is 7.80. The van der Waals surface area contributed by atoms with Crippen molar-refractivity contribution in [2.45, 2.75) is 19.9 Å². The second kappa shape index (κ2) is 6.33. The molecular weight excluding hydrogens is 258 g/mol. The summed E-state index contributed by atoms with van der Waals surface area (Å²) < 4.78 is 7.63. The van der Waals surface area contributed by atoms with Crippen molar-refractivity contribution in [2.24, 2.45) is 5.73 Å². The Labute approximate surface area is 118 Å². The van der Waals surface area contributed by atoms with Crippen molar-refractivity contribution in [3.63, 3.8) is 0 Å². The zero-order valence-electron chi connectivity index (χ0n) is 10.9. The minimum atomic E-state index is 0.403. The van der Waals surface area contributed by atoms with Crippen molar-refractivity contribution in [1.29, 1.82) is 0 Å². The number of rotatable bonds is 6. The van der Waals surface area contributed by atoms with Crippen LogP contribution < -0.4 is 10.5 Å². The van der Waals surface area contributed by atoms with Gasteiger partial charge in [0.15, 0.2) is 0 Å². The number of nitrogens with zero attached hydrogens (tertiary/aromatic N) is 2. The predicted octanol–water partition coefficient (Wildman–Crippen LogP) is 2.29. The van der Waals surface area contributed by atoms with Gasteiger partial charge in [0, 0.05) is 30.4 Å². The molecule has 0 spiro atoms. The number of hydrogen-bond acceptors (Lipinski definition) is 3. The molecule has 0 aliphatic rings. The molecule has 0 aliphatic carbocycles. The quantitative estimate of drug-likeness (QED) is 0.649. The van der Waals surface area contributed by atoms with Crippen molar-refractivity contribution < 1.29 is 4.74 Å². The van der Waals surface area contributed by atoms with Crippen LogP contribution in [0.1, 0.15) is 17.7 Å². The van der Waals surface area contributed by atoms with Gasteiger partial charge in [-0.25, -0.2) is 0 Å². The third-order valence-electron chi connectivity index (χ3n) is 2.85. The summed E-state index contributed by atoms with van der Waals surface area (Å²) in [4.78, 5) is 0.403. The molecule has 2 N–H and O–H groups in total. The molecule has 0 fully saturated rings. The molecule has 100 valence electrons. The normalized spacial score (nSPS) is 10.4. The minimum Gasteiger partial charge on any atom is -0.494 e. The molecule has 0 unspecified atom stereocenters. The molecule has 0 saturated heterocycles. The monoisotopic (exact) mass is 275 g/mol. The lowest BCUT2D eigenvalue weighted by atomic mass is 10.2. The van der Waals surface area contributed by atoms with E-state index in [-0.39, 0.29) is 0 Å². The average Bonchev–Trinajstić information content (AvgIpc) is 2.81. The Morgan fingerprint density at radius 2 is 2.05 bits per heavy atom. The molecule has 1 aromatic carbocycles. The summed E-state index contributed by atoms with van der Waals surface area (Å²) in [5, 5.41) is 4.22. The number of benzene rings is 1. The predicted molar refractivity (Wildman–Crippen MR) is 79.4 cm³/mol. The van der Waals surface area contributed by atoms with Crippen LogP contribution >= 0.6 is 12.2 Å². The lowest BCUT2D eigenvalue weighted by Gasteiger charge is -2.08. The maximum absolute atomic E-state index is 5.65. The number of nitrogens with two attached hydrogens (primary N) is 1. The van der Waals surface area contributed by atoms with Gasteiger partial charge in [0.1, 0.15) is 10.7 Å². The fraction of sp³-hybridized carbons (Fsp3) is 0.286. The van der Waals surface area contributed by atoms with Gasteiger partial charge in [0.2, 0.25) is 0 Å². The van der Waals surface area contributed by atoms with Crippen LogP contribution in [-0.2, 0) is 6.54 Å². The summed E-state index contributed by atoms with van der Waals surface area (Å²) in [7, 11) is 0. The Kier molecular flexibility index (Phi) is 4.52. The second-order valence-electron chi connectivity index (χ2n) is 4.29. The van der Waals surface area contributed by atoms with Crippen LogP contribution in [0.15, 0.2) is 36.5 Å². The molecule has 0 bridgehead atoms. The van der Waals surface area contributed by atoms with Gasteiger partial charge in [0.25, 0.3) is 0 Å². The van der Waals surface area contributed by atoms with E-state index >= 15 is 0 Å². The summed E-state index contributed by atoms with van der Waals surface area (Å²) in [5.74, 6) is 0.831. The topological polar surface area (TPSA) is 53.1 Å². The van der Waals surface area contributed by atoms with Crippen LogP contribution in [0.2, 0.25) is 0 Å². The maximum Gasteiger partial charge on any atom is 0.119 e. The van der Waals surface area contributed by atoms with E-state index in [1.54, 1.807) is 0 Å². The Hall–Kier alpha value is -1.88. The van der Waals surface area contributed by atoms with Crippen molar-refractivity contribution in [1.82, 2.24) is 9.78 Å². The van der Waals surface area contributed by atoms with E-state index in [0.717, 1.165) is 24.3 Å². The van der Waals surface area contributed by atoms with Crippen LogP contribution in [0, 0.1) is 6.92 Å². The fourth-order valence-corrected chi connectivity index (χ4v) is 1.89. The molecule has 0 atom stereocenters. The van der Waals surface area contributed by atoms with Gasteiger partial charge in [-0.15, -0.1) is 0 Å². The second-order valence-corrected chi connectivity index (χ2v) is 4.73. The highest BCUT2D eigenvalue weighted by Gasteiger charge is 1.99. The van der Waals surface area contributed by atoms with Gasteiger partial charge < -0.3 is 10.5 Å². The molecule has 19 heavy (non-hydrogen) atoms. The Bertz CT molecular complexity index is 548. The number of hydrogen-bond donors (Lipinski definition) is 1. The first-order chi connectivity index (χ1) is 9.16. The average molecular weight is 275 g/mol. The third kappa shape index (κ3) is 3.79. The largest absolute Gasteiger partial charge is 0.494 e. The minimum absolute atomic E-state index is 0.403. The fourth-order valence-electron chi connectivity index (χ4n) is 1.75. The lowest BCUT2D eigenvalue weighted by molar-refractivity contribution is 0.298. The number of aromatic nitrogens is 2. The van der Waals surface area contributed by atoms with Gasteiger partial charge >= 0.3 is 0 Å². The molecule has 1 heterocycles. The van der Waals surface area contributed by atoms with Gasteiger partial charge in [-0.05, 0) is 37.3 Å². The van der Waals surface area contributed by atoms with E-state index in [9.17, 15) is 0 Å². The van der Waals surface area contributed by atoms with E-state index in [4.69, 9.17) is 22.7 Å². The molecule has 2 aromatic rings. The molecule has 0 amide bonds. The maximum atomic E-state index is 5.65. The number of aryl methyl sites for hydroxylation is 2. The van der Waals surface area contributed by atoms with E-state index in [1.807, 2.05) is 48.1 Å². The number of ether oxygens (including phenoxy) is 1. The first kappa shape index (κ1) is 13.5. The smallest absolute Gasteiger partial charge is 0.119 e. The first-order valence-corrected chi connectivity index (χ1v) is 6.59. The molecule has 0 saturated carbocycles. The van der Waals surface area contributed by atoms with Gasteiger partial charge in [0.05, 0.1) is 6.61 Å². The van der Waals surface area contributed by atoms with Crippen LogP contribution in [0.25, 0.3) is 0 Å². The summed E-state index contributed by atoms with van der Waals surface area (Å²) in [6.07, 6.45) is 2.73. The van der Waals surface area contributed by atoms with E-state index < -0.39 is 0 Å². The zero-order chi connectivity index (χ0) is 13.7. The van der Waals surface area contributed by atoms with Crippen molar-refractivity contribution in [2.75, 3.05) is 6.61 Å². The molecular formula is C14H17N3OS. The first-order valence-electron chi connectivity index (χ1n) is 6.18. The Morgan fingerprint density at radius 1 is 1.32 bits per heavy atom. The summed E-state index contributed by atoms with van der Waals surface area (Å²) >= 11 is 4.90.